The van der Waals surface area contributed by atoms with Crippen LogP contribution >= 0.6 is 27.5 Å². The second kappa shape index (κ2) is 9.40. The smallest absolute Gasteiger partial charge is 0.286 e. The molecule has 3 amide bonds. The summed E-state index contributed by atoms with van der Waals surface area (Å²) in [7, 11) is 1.73. The summed E-state index contributed by atoms with van der Waals surface area (Å²) >= 11 is 9.05. The minimum atomic E-state index is -0.414. The second-order valence-corrected chi connectivity index (χ2v) is 6.88. The molecule has 0 spiro atoms. The van der Waals surface area contributed by atoms with Crippen LogP contribution in [0.25, 0.3) is 0 Å². The van der Waals surface area contributed by atoms with Crippen LogP contribution in [0.3, 0.4) is 0 Å². The van der Waals surface area contributed by atoms with E-state index in [1.165, 1.54) is 0 Å². The molecule has 1 aromatic carbocycles. The molecular weight excluding hydrogens is 424 g/mol. The highest BCUT2D eigenvalue weighted by Crippen LogP contribution is 2.13. The minimum absolute atomic E-state index is 0.165. The third kappa shape index (κ3) is 5.89. The number of carbonyl (C=O) groups excluding carboxylic acids is 3. The predicted octanol–water partition coefficient (Wildman–Crippen LogP) is 2.41. The lowest BCUT2D eigenvalue weighted by atomic mass is 10.2. The van der Waals surface area contributed by atoms with Gasteiger partial charge >= 0.3 is 0 Å². The number of hydrogen-bond donors (Lipinski definition) is 3. The average molecular weight is 442 g/mol. The number of halogens is 2. The molecule has 1 aromatic heterocycles. The van der Waals surface area contributed by atoms with Gasteiger partial charge in [0.05, 0.1) is 0 Å². The molecule has 2 aromatic rings. The molecule has 3 N–H and O–H groups in total. The lowest BCUT2D eigenvalue weighted by Gasteiger charge is -2.08. The number of rotatable bonds is 6. The van der Waals surface area contributed by atoms with Crippen molar-refractivity contribution >= 4 is 45.3 Å². The van der Waals surface area contributed by atoms with Crippen LogP contribution in [0.4, 0.5) is 0 Å². The lowest BCUT2D eigenvalue weighted by molar-refractivity contribution is -0.121. The van der Waals surface area contributed by atoms with E-state index in [1.54, 1.807) is 48.1 Å². The number of carbonyl (C=O) groups is 3. The molecule has 0 saturated heterocycles. The maximum absolute atomic E-state index is 11.9. The number of hydrazine groups is 1. The van der Waals surface area contributed by atoms with Crippen molar-refractivity contribution in [2.75, 3.05) is 6.54 Å². The Morgan fingerprint density at radius 1 is 1.12 bits per heavy atom. The zero-order chi connectivity index (χ0) is 19.1. The van der Waals surface area contributed by atoms with Crippen molar-refractivity contribution in [3.05, 3.63) is 57.3 Å². The van der Waals surface area contributed by atoms with Crippen LogP contribution in [0.5, 0.6) is 0 Å². The summed E-state index contributed by atoms with van der Waals surface area (Å²) in [5, 5.41) is 3.28. The average Bonchev–Trinajstić information content (AvgIpc) is 2.95. The van der Waals surface area contributed by atoms with Crippen LogP contribution in [-0.4, -0.2) is 28.8 Å². The largest absolute Gasteiger partial charge is 0.352 e. The van der Waals surface area contributed by atoms with Gasteiger partial charge in [-0.3, -0.25) is 25.2 Å². The van der Waals surface area contributed by atoms with Crippen LogP contribution < -0.4 is 16.2 Å². The summed E-state index contributed by atoms with van der Waals surface area (Å²) in [6.07, 6.45) is 2.34. The highest BCUT2D eigenvalue weighted by atomic mass is 79.9. The van der Waals surface area contributed by atoms with Crippen LogP contribution in [0, 0.1) is 0 Å². The van der Waals surface area contributed by atoms with Crippen LogP contribution in [0.15, 0.2) is 41.0 Å². The van der Waals surface area contributed by atoms with Gasteiger partial charge in [0.1, 0.15) is 5.69 Å². The normalized spacial score (nSPS) is 10.3. The summed E-state index contributed by atoms with van der Waals surface area (Å²) < 4.78 is 2.41. The van der Waals surface area contributed by atoms with Crippen molar-refractivity contribution in [1.82, 2.24) is 20.7 Å². The van der Waals surface area contributed by atoms with E-state index in [-0.39, 0.29) is 18.2 Å². The monoisotopic (exact) mass is 440 g/mol. The van der Waals surface area contributed by atoms with Gasteiger partial charge < -0.3 is 9.88 Å². The summed E-state index contributed by atoms with van der Waals surface area (Å²) in [6, 6.07) is 8.17. The van der Waals surface area contributed by atoms with Crippen LogP contribution in [0.1, 0.15) is 33.7 Å². The fraction of sp³-hybridized carbons (Fsp3) is 0.235. The Balaban J connectivity index is 1.66. The Morgan fingerprint density at radius 3 is 2.42 bits per heavy atom. The van der Waals surface area contributed by atoms with E-state index >= 15 is 0 Å². The zero-order valence-electron chi connectivity index (χ0n) is 14.0. The highest BCUT2D eigenvalue weighted by Gasteiger charge is 2.12. The first kappa shape index (κ1) is 20.0. The van der Waals surface area contributed by atoms with Gasteiger partial charge in [-0.25, -0.2) is 0 Å². The van der Waals surface area contributed by atoms with Crippen LogP contribution in [0.2, 0.25) is 5.02 Å². The maximum atomic E-state index is 11.9. The molecule has 1 heterocycles. The summed E-state index contributed by atoms with van der Waals surface area (Å²) in [6.45, 7) is 0.341. The molecule has 0 aliphatic heterocycles. The summed E-state index contributed by atoms with van der Waals surface area (Å²) in [4.78, 5) is 35.6. The first-order valence-corrected chi connectivity index (χ1v) is 8.98. The molecule has 0 aliphatic carbocycles. The number of benzene rings is 1. The fourth-order valence-electron chi connectivity index (χ4n) is 2.16. The van der Waals surface area contributed by atoms with Crippen molar-refractivity contribution in [2.45, 2.75) is 12.8 Å². The van der Waals surface area contributed by atoms with Crippen molar-refractivity contribution in [1.29, 1.82) is 0 Å². The molecule has 0 unspecified atom stereocenters. The number of aromatic nitrogens is 1. The topological polar surface area (TPSA) is 92.2 Å². The summed E-state index contributed by atoms with van der Waals surface area (Å²) in [5.74, 6) is -0.986. The maximum Gasteiger partial charge on any atom is 0.286 e. The molecule has 0 radical (unpaired) electrons. The second-order valence-electron chi connectivity index (χ2n) is 5.52. The SMILES string of the molecule is Cn1cc(Br)cc1C(=O)NNC(=O)CCCNC(=O)c1ccc(Cl)cc1. The standard InChI is InChI=1S/C17H18BrClN4O3/c1-23-10-12(18)9-14(23)17(26)22-21-15(24)3-2-8-20-16(25)11-4-6-13(19)7-5-11/h4-7,9-10H,2-3,8H2,1H3,(H,20,25)(H,21,24)(H,22,26). The van der Waals surface area contributed by atoms with Crippen LogP contribution in [-0.2, 0) is 11.8 Å². The molecule has 0 aliphatic rings. The molecule has 7 nitrogen and oxygen atoms in total. The van der Waals surface area contributed by atoms with Crippen molar-refractivity contribution in [2.24, 2.45) is 7.05 Å². The fourth-order valence-corrected chi connectivity index (χ4v) is 2.81. The number of hydrogen-bond acceptors (Lipinski definition) is 3. The first-order valence-electron chi connectivity index (χ1n) is 7.81. The van der Waals surface area contributed by atoms with E-state index in [1.807, 2.05) is 0 Å². The molecule has 138 valence electrons. The lowest BCUT2D eigenvalue weighted by Crippen LogP contribution is -2.42. The van der Waals surface area contributed by atoms with Gasteiger partial charge in [-0.2, -0.15) is 0 Å². The molecule has 0 fully saturated rings. The number of aryl methyl sites for hydroxylation is 1. The number of nitrogens with one attached hydrogen (secondary N) is 3. The van der Waals surface area contributed by atoms with E-state index in [2.05, 4.69) is 32.1 Å². The Kier molecular flexibility index (Phi) is 7.23. The van der Waals surface area contributed by atoms with Crippen molar-refractivity contribution < 1.29 is 14.4 Å². The van der Waals surface area contributed by atoms with Gasteiger partial charge in [-0.1, -0.05) is 11.6 Å². The summed E-state index contributed by atoms with van der Waals surface area (Å²) in [5.41, 5.74) is 5.61. The van der Waals surface area contributed by atoms with Gasteiger partial charge in [0.2, 0.25) is 5.91 Å². The van der Waals surface area contributed by atoms with Gasteiger partial charge in [0.25, 0.3) is 11.8 Å². The Labute approximate surface area is 164 Å². The predicted molar refractivity (Wildman–Crippen MR) is 102 cm³/mol. The Morgan fingerprint density at radius 2 is 1.81 bits per heavy atom. The molecule has 0 bridgehead atoms. The van der Waals surface area contributed by atoms with Crippen molar-refractivity contribution in [3.63, 3.8) is 0 Å². The third-order valence-corrected chi connectivity index (χ3v) is 4.18. The zero-order valence-corrected chi connectivity index (χ0v) is 16.4. The van der Waals surface area contributed by atoms with Gasteiger partial charge in [0.15, 0.2) is 0 Å². The van der Waals surface area contributed by atoms with E-state index in [9.17, 15) is 14.4 Å². The van der Waals surface area contributed by atoms with E-state index < -0.39 is 5.91 Å². The highest BCUT2D eigenvalue weighted by molar-refractivity contribution is 9.10. The Bertz CT molecular complexity index is 805. The Hall–Kier alpha value is -2.32. The first-order chi connectivity index (χ1) is 12.4. The van der Waals surface area contributed by atoms with Gasteiger partial charge in [-0.15, -0.1) is 0 Å². The van der Waals surface area contributed by atoms with Gasteiger partial charge in [-0.05, 0) is 52.7 Å². The molecule has 26 heavy (non-hydrogen) atoms. The molecule has 0 saturated carbocycles. The van der Waals surface area contributed by atoms with E-state index in [4.69, 9.17) is 11.6 Å². The molecule has 0 atom stereocenters. The number of nitrogens with zero attached hydrogens (tertiary/aromatic N) is 1. The molecular formula is C17H18BrClN4O3. The molecule has 2 rings (SSSR count). The third-order valence-electron chi connectivity index (χ3n) is 3.49. The van der Waals surface area contributed by atoms with E-state index in [0.717, 1.165) is 4.47 Å². The quantitative estimate of drug-likeness (QED) is 0.475. The van der Waals surface area contributed by atoms with Crippen molar-refractivity contribution in [3.8, 4) is 0 Å². The van der Waals surface area contributed by atoms with E-state index in [0.29, 0.717) is 29.2 Å². The number of amides is 3. The minimum Gasteiger partial charge on any atom is -0.352 e. The van der Waals surface area contributed by atoms with Gasteiger partial charge in [0, 0.05) is 41.3 Å². The molecule has 9 heteroatoms.